The van der Waals surface area contributed by atoms with E-state index in [1.807, 2.05) is 6.07 Å². The molecule has 9 heteroatoms. The summed E-state index contributed by atoms with van der Waals surface area (Å²) in [7, 11) is 0. The summed E-state index contributed by atoms with van der Waals surface area (Å²) in [6.45, 7) is 0. The maximum absolute atomic E-state index is 13.1. The predicted molar refractivity (Wildman–Crippen MR) is 131 cm³/mol. The molecule has 0 fully saturated rings. The van der Waals surface area contributed by atoms with Gasteiger partial charge in [-0.2, -0.15) is 0 Å². The monoisotopic (exact) mass is 478 g/mol. The van der Waals surface area contributed by atoms with E-state index in [0.29, 0.717) is 26.3 Å². The van der Waals surface area contributed by atoms with Crippen molar-refractivity contribution >= 4 is 45.6 Å². The molecule has 33 heavy (non-hydrogen) atoms. The van der Waals surface area contributed by atoms with E-state index in [1.165, 1.54) is 22.0 Å². The first-order valence-electron chi connectivity index (χ1n) is 9.96. The molecular weight excluding hydrogens is 460 g/mol. The zero-order chi connectivity index (χ0) is 23.2. The Bertz CT molecular complexity index is 1320. The molecule has 0 saturated heterocycles. The van der Waals surface area contributed by atoms with E-state index < -0.39 is 18.0 Å². The van der Waals surface area contributed by atoms with Gasteiger partial charge in [0.1, 0.15) is 6.04 Å². The molecule has 0 saturated carbocycles. The van der Waals surface area contributed by atoms with Crippen molar-refractivity contribution in [3.63, 3.8) is 0 Å². The van der Waals surface area contributed by atoms with E-state index in [2.05, 4.69) is 16.0 Å². The van der Waals surface area contributed by atoms with Crippen LogP contribution >= 0.6 is 22.9 Å². The third-order valence-corrected chi connectivity index (χ3v) is 5.86. The largest absolute Gasteiger partial charge is 0.324 e. The molecule has 0 bridgehead atoms. The van der Waals surface area contributed by atoms with E-state index in [-0.39, 0.29) is 5.56 Å². The van der Waals surface area contributed by atoms with Crippen molar-refractivity contribution in [1.29, 1.82) is 0 Å². The van der Waals surface area contributed by atoms with Crippen LogP contribution in [0.25, 0.3) is 5.69 Å². The summed E-state index contributed by atoms with van der Waals surface area (Å²) in [6.07, 6.45) is 1.67. The Morgan fingerprint density at radius 3 is 2.24 bits per heavy atom. The van der Waals surface area contributed by atoms with Gasteiger partial charge in [-0.15, -0.1) is 11.3 Å². The minimum absolute atomic E-state index is 0.152. The SMILES string of the molecule is O=C(Nc1ccc(Cl)s1)NC(C(=O)Nc1ccc(-n2ccccc2=O)cc1)c1ccccc1. The third-order valence-electron chi connectivity index (χ3n) is 4.72. The van der Waals surface area contributed by atoms with Crippen LogP contribution in [0.15, 0.2) is 95.9 Å². The lowest BCUT2D eigenvalue weighted by Gasteiger charge is -2.19. The second-order valence-electron chi connectivity index (χ2n) is 6.99. The first-order chi connectivity index (χ1) is 16.0. The van der Waals surface area contributed by atoms with Gasteiger partial charge in [-0.25, -0.2) is 4.79 Å². The molecule has 2 aromatic heterocycles. The van der Waals surface area contributed by atoms with Crippen molar-refractivity contribution in [3.8, 4) is 5.69 Å². The Hall–Kier alpha value is -3.88. The molecular formula is C24H19ClN4O3S. The van der Waals surface area contributed by atoms with Crippen LogP contribution in [0.1, 0.15) is 11.6 Å². The van der Waals surface area contributed by atoms with Crippen molar-refractivity contribution in [3.05, 3.63) is 111 Å². The van der Waals surface area contributed by atoms with E-state index in [0.717, 1.165) is 0 Å². The standard InChI is InChI=1S/C24H19ClN4O3S/c25-19-13-14-20(33-19)27-24(32)28-22(16-6-2-1-3-7-16)23(31)26-17-9-11-18(12-10-17)29-15-5-4-8-21(29)30/h1-15,22H,(H,26,31)(H2,27,28,32). The van der Waals surface area contributed by atoms with Crippen LogP contribution in [0, 0.1) is 0 Å². The van der Waals surface area contributed by atoms with E-state index in [1.54, 1.807) is 79.0 Å². The van der Waals surface area contributed by atoms with Gasteiger partial charge in [-0.1, -0.05) is 48.0 Å². The summed E-state index contributed by atoms with van der Waals surface area (Å²) in [5.41, 5.74) is 1.67. The van der Waals surface area contributed by atoms with Gasteiger partial charge in [-0.05, 0) is 48.0 Å². The molecule has 4 rings (SSSR count). The number of rotatable bonds is 6. The number of carbonyl (C=O) groups excluding carboxylic acids is 2. The van der Waals surface area contributed by atoms with Crippen molar-refractivity contribution in [2.45, 2.75) is 6.04 Å². The molecule has 1 atom stereocenters. The fraction of sp³-hybridized carbons (Fsp3) is 0.0417. The van der Waals surface area contributed by atoms with Crippen molar-refractivity contribution in [2.75, 3.05) is 10.6 Å². The summed E-state index contributed by atoms with van der Waals surface area (Å²) in [5, 5.41) is 8.78. The van der Waals surface area contributed by atoms with Crippen LogP contribution in [0.5, 0.6) is 0 Å². The fourth-order valence-electron chi connectivity index (χ4n) is 3.17. The molecule has 3 N–H and O–H groups in total. The lowest BCUT2D eigenvalue weighted by atomic mass is 10.1. The summed E-state index contributed by atoms with van der Waals surface area (Å²) in [6, 6.07) is 22.6. The second-order valence-corrected chi connectivity index (χ2v) is 8.71. The second kappa shape index (κ2) is 10.2. The number of carbonyl (C=O) groups is 2. The van der Waals surface area contributed by atoms with Crippen molar-refractivity contribution < 1.29 is 9.59 Å². The van der Waals surface area contributed by atoms with E-state index >= 15 is 0 Å². The third kappa shape index (κ3) is 5.68. The minimum Gasteiger partial charge on any atom is -0.324 e. The molecule has 7 nitrogen and oxygen atoms in total. The van der Waals surface area contributed by atoms with Crippen LogP contribution < -0.4 is 21.5 Å². The summed E-state index contributed by atoms with van der Waals surface area (Å²) >= 11 is 7.13. The summed E-state index contributed by atoms with van der Waals surface area (Å²) < 4.78 is 2.05. The number of aromatic nitrogens is 1. The number of pyridine rings is 1. The number of nitrogens with zero attached hydrogens (tertiary/aromatic N) is 1. The molecule has 3 amide bonds. The number of hydrogen-bond donors (Lipinski definition) is 3. The maximum atomic E-state index is 13.1. The molecule has 2 aromatic carbocycles. The van der Waals surface area contributed by atoms with Gasteiger partial charge in [-0.3, -0.25) is 19.5 Å². The van der Waals surface area contributed by atoms with Crippen LogP contribution in [-0.2, 0) is 4.79 Å². The highest BCUT2D eigenvalue weighted by molar-refractivity contribution is 7.20. The quantitative estimate of drug-likeness (QED) is 0.362. The average molecular weight is 479 g/mol. The highest BCUT2D eigenvalue weighted by atomic mass is 35.5. The average Bonchev–Trinajstić information content (AvgIpc) is 3.23. The number of hydrogen-bond acceptors (Lipinski definition) is 4. The molecule has 0 aliphatic heterocycles. The Kier molecular flexibility index (Phi) is 6.87. The minimum atomic E-state index is -0.932. The highest BCUT2D eigenvalue weighted by Crippen LogP contribution is 2.26. The predicted octanol–water partition coefficient (Wildman–Crippen LogP) is 5.05. The molecule has 4 aromatic rings. The number of halogens is 1. The Morgan fingerprint density at radius 2 is 1.58 bits per heavy atom. The topological polar surface area (TPSA) is 92.2 Å². The van der Waals surface area contributed by atoms with E-state index in [9.17, 15) is 14.4 Å². The lowest BCUT2D eigenvalue weighted by molar-refractivity contribution is -0.118. The van der Waals surface area contributed by atoms with Crippen LogP contribution in [0.2, 0.25) is 4.34 Å². The van der Waals surface area contributed by atoms with Gasteiger partial charge in [0.05, 0.1) is 9.34 Å². The molecule has 0 aliphatic rings. The number of benzene rings is 2. The summed E-state index contributed by atoms with van der Waals surface area (Å²) in [4.78, 5) is 37.6. The molecule has 1 unspecified atom stereocenters. The lowest BCUT2D eigenvalue weighted by Crippen LogP contribution is -2.39. The number of urea groups is 1. The van der Waals surface area contributed by atoms with Crippen molar-refractivity contribution in [2.24, 2.45) is 0 Å². The molecule has 0 spiro atoms. The first-order valence-corrected chi connectivity index (χ1v) is 11.2. The van der Waals surface area contributed by atoms with Gasteiger partial charge in [0.2, 0.25) is 0 Å². The number of amides is 3. The molecule has 0 radical (unpaired) electrons. The zero-order valence-corrected chi connectivity index (χ0v) is 18.8. The number of nitrogens with one attached hydrogen (secondary N) is 3. The highest BCUT2D eigenvalue weighted by Gasteiger charge is 2.23. The van der Waals surface area contributed by atoms with Crippen LogP contribution in [0.4, 0.5) is 15.5 Å². The molecule has 0 aliphatic carbocycles. The number of anilines is 2. The summed E-state index contributed by atoms with van der Waals surface area (Å²) in [5.74, 6) is -0.412. The number of thiophene rings is 1. The van der Waals surface area contributed by atoms with Gasteiger partial charge < -0.3 is 10.6 Å². The fourth-order valence-corrected chi connectivity index (χ4v) is 4.11. The van der Waals surface area contributed by atoms with Gasteiger partial charge in [0.25, 0.3) is 11.5 Å². The smallest absolute Gasteiger partial charge is 0.320 e. The Morgan fingerprint density at radius 1 is 0.848 bits per heavy atom. The Balaban J connectivity index is 1.50. The van der Waals surface area contributed by atoms with Crippen LogP contribution in [0.3, 0.4) is 0 Å². The Labute approximate surface area is 198 Å². The van der Waals surface area contributed by atoms with Crippen molar-refractivity contribution in [1.82, 2.24) is 9.88 Å². The normalized spacial score (nSPS) is 11.4. The molecule has 2 heterocycles. The zero-order valence-electron chi connectivity index (χ0n) is 17.2. The van der Waals surface area contributed by atoms with Gasteiger partial charge in [0.15, 0.2) is 0 Å². The maximum Gasteiger partial charge on any atom is 0.320 e. The molecule has 166 valence electrons. The van der Waals surface area contributed by atoms with Crippen LogP contribution in [-0.4, -0.2) is 16.5 Å². The first kappa shape index (κ1) is 22.3. The van der Waals surface area contributed by atoms with E-state index in [4.69, 9.17) is 11.6 Å². The van der Waals surface area contributed by atoms with Gasteiger partial charge in [0, 0.05) is 23.6 Å². The van der Waals surface area contributed by atoms with Gasteiger partial charge >= 0.3 is 6.03 Å².